The molecule has 5 nitrogen and oxygen atoms in total. The highest BCUT2D eigenvalue weighted by Crippen LogP contribution is 2.15. The number of aromatic nitrogens is 2. The average molecular weight is 274 g/mol. The third kappa shape index (κ3) is 4.08. The number of nitrogens with two attached hydrogens (primary N) is 1. The highest BCUT2D eigenvalue weighted by molar-refractivity contribution is 5.29. The molecule has 20 heavy (non-hydrogen) atoms. The first kappa shape index (κ1) is 14.6. The van der Waals surface area contributed by atoms with Gasteiger partial charge in [0.25, 0.3) is 0 Å². The fraction of sp³-hybridized carbons (Fsp3) is 0.400. The van der Waals surface area contributed by atoms with Crippen molar-refractivity contribution in [2.45, 2.75) is 25.3 Å². The average Bonchev–Trinajstić information content (AvgIpc) is 2.89. The van der Waals surface area contributed by atoms with Crippen LogP contribution >= 0.6 is 0 Å². The molecular weight excluding hydrogens is 252 g/mol. The van der Waals surface area contributed by atoms with Crippen LogP contribution in [0.15, 0.2) is 36.7 Å². The van der Waals surface area contributed by atoms with E-state index in [1.165, 1.54) is 11.1 Å². The van der Waals surface area contributed by atoms with Gasteiger partial charge in [-0.2, -0.15) is 5.10 Å². The topological polar surface area (TPSA) is 65.1 Å². The van der Waals surface area contributed by atoms with Crippen LogP contribution in [0, 0.1) is 0 Å². The molecule has 0 spiro atoms. The van der Waals surface area contributed by atoms with Crippen molar-refractivity contribution in [1.82, 2.24) is 15.2 Å². The lowest BCUT2D eigenvalue weighted by Gasteiger charge is -2.15. The van der Waals surface area contributed by atoms with Crippen molar-refractivity contribution in [3.8, 4) is 5.75 Å². The van der Waals surface area contributed by atoms with E-state index in [0.717, 1.165) is 25.0 Å². The maximum absolute atomic E-state index is 5.66. The lowest BCUT2D eigenvalue weighted by Crippen LogP contribution is -2.37. The van der Waals surface area contributed by atoms with Crippen LogP contribution in [0.25, 0.3) is 0 Å². The molecule has 0 saturated carbocycles. The fourth-order valence-corrected chi connectivity index (χ4v) is 2.27. The molecule has 1 atom stereocenters. The van der Waals surface area contributed by atoms with Crippen LogP contribution in [-0.4, -0.2) is 22.9 Å². The van der Waals surface area contributed by atoms with Crippen molar-refractivity contribution in [3.05, 3.63) is 47.8 Å². The molecule has 1 heterocycles. The Bertz CT molecular complexity index is 538. The van der Waals surface area contributed by atoms with Crippen LogP contribution < -0.4 is 16.0 Å². The molecule has 1 aromatic heterocycles. The molecule has 3 N–H and O–H groups in total. The largest absolute Gasteiger partial charge is 0.497 e. The van der Waals surface area contributed by atoms with Crippen LogP contribution in [0.5, 0.6) is 5.75 Å². The second-order valence-electron chi connectivity index (χ2n) is 4.98. The number of hydrazine groups is 1. The normalized spacial score (nSPS) is 12.3. The summed E-state index contributed by atoms with van der Waals surface area (Å²) in [7, 11) is 3.61. The molecule has 5 heteroatoms. The van der Waals surface area contributed by atoms with Gasteiger partial charge in [-0.05, 0) is 42.5 Å². The summed E-state index contributed by atoms with van der Waals surface area (Å²) in [6.45, 7) is 0. The molecule has 108 valence electrons. The van der Waals surface area contributed by atoms with E-state index in [2.05, 4.69) is 22.7 Å². The summed E-state index contributed by atoms with van der Waals surface area (Å²) >= 11 is 0. The van der Waals surface area contributed by atoms with Crippen molar-refractivity contribution < 1.29 is 4.74 Å². The first-order valence-corrected chi connectivity index (χ1v) is 6.78. The Kier molecular flexibility index (Phi) is 5.15. The van der Waals surface area contributed by atoms with E-state index < -0.39 is 0 Å². The Morgan fingerprint density at radius 3 is 2.90 bits per heavy atom. The minimum atomic E-state index is 0.238. The smallest absolute Gasteiger partial charge is 0.119 e. The number of nitrogens with one attached hydrogen (secondary N) is 1. The molecule has 0 fully saturated rings. The van der Waals surface area contributed by atoms with E-state index in [4.69, 9.17) is 10.6 Å². The second-order valence-corrected chi connectivity index (χ2v) is 4.98. The van der Waals surface area contributed by atoms with Gasteiger partial charge in [-0.1, -0.05) is 12.1 Å². The second kappa shape index (κ2) is 7.07. The van der Waals surface area contributed by atoms with Crippen molar-refractivity contribution >= 4 is 0 Å². The minimum absolute atomic E-state index is 0.238. The molecule has 0 aliphatic heterocycles. The van der Waals surface area contributed by atoms with E-state index in [-0.39, 0.29) is 6.04 Å². The van der Waals surface area contributed by atoms with Gasteiger partial charge < -0.3 is 4.74 Å². The Morgan fingerprint density at radius 2 is 2.25 bits per heavy atom. The number of rotatable bonds is 7. The molecule has 2 aromatic rings. The summed E-state index contributed by atoms with van der Waals surface area (Å²) in [5.41, 5.74) is 5.35. The van der Waals surface area contributed by atoms with Crippen LogP contribution in [0.2, 0.25) is 0 Å². The third-order valence-corrected chi connectivity index (χ3v) is 3.39. The van der Waals surface area contributed by atoms with E-state index >= 15 is 0 Å². The van der Waals surface area contributed by atoms with Crippen molar-refractivity contribution in [1.29, 1.82) is 0 Å². The van der Waals surface area contributed by atoms with Crippen molar-refractivity contribution in [2.24, 2.45) is 12.9 Å². The zero-order chi connectivity index (χ0) is 14.4. The molecule has 0 amide bonds. The number of benzene rings is 1. The number of nitrogens with zero attached hydrogens (tertiary/aromatic N) is 2. The lowest BCUT2D eigenvalue weighted by molar-refractivity contribution is 0.413. The Hall–Kier alpha value is -1.85. The lowest BCUT2D eigenvalue weighted by atomic mass is 10.0. The third-order valence-electron chi connectivity index (χ3n) is 3.39. The van der Waals surface area contributed by atoms with Crippen LogP contribution in [-0.2, 0) is 19.9 Å². The molecule has 0 radical (unpaired) electrons. The van der Waals surface area contributed by atoms with Gasteiger partial charge in [0, 0.05) is 19.3 Å². The molecule has 0 bridgehead atoms. The SMILES string of the molecule is COc1cccc(CC(CCc2cnn(C)c2)NN)c1. The van der Waals surface area contributed by atoms with Gasteiger partial charge in [-0.15, -0.1) is 0 Å². The van der Waals surface area contributed by atoms with Gasteiger partial charge >= 0.3 is 0 Å². The first-order valence-electron chi connectivity index (χ1n) is 6.78. The highest BCUT2D eigenvalue weighted by Gasteiger charge is 2.09. The monoisotopic (exact) mass is 274 g/mol. The first-order chi connectivity index (χ1) is 9.71. The predicted molar refractivity (Wildman–Crippen MR) is 79.3 cm³/mol. The van der Waals surface area contributed by atoms with E-state index in [9.17, 15) is 0 Å². The quantitative estimate of drug-likeness (QED) is 0.592. The summed E-state index contributed by atoms with van der Waals surface area (Å²) in [6.07, 6.45) is 6.76. The Labute approximate surface area is 119 Å². The highest BCUT2D eigenvalue weighted by atomic mass is 16.5. The summed E-state index contributed by atoms with van der Waals surface area (Å²) < 4.78 is 7.06. The standard InChI is InChI=1S/C15H22N4O/c1-19-11-13(10-17-19)6-7-14(18-16)8-12-4-3-5-15(9-12)20-2/h3-5,9-11,14,18H,6-8,16H2,1-2H3. The van der Waals surface area contributed by atoms with Crippen LogP contribution in [0.3, 0.4) is 0 Å². The predicted octanol–water partition coefficient (Wildman–Crippen LogP) is 1.44. The van der Waals surface area contributed by atoms with E-state index in [0.29, 0.717) is 0 Å². The maximum Gasteiger partial charge on any atom is 0.119 e. The Balaban J connectivity index is 1.91. The maximum atomic E-state index is 5.66. The number of methoxy groups -OCH3 is 1. The molecule has 1 unspecified atom stereocenters. The summed E-state index contributed by atoms with van der Waals surface area (Å²) in [5.74, 6) is 6.54. The number of hydrogen-bond acceptors (Lipinski definition) is 4. The molecular formula is C15H22N4O. The van der Waals surface area contributed by atoms with Gasteiger partial charge in [0.2, 0.25) is 0 Å². The molecule has 2 rings (SSSR count). The Morgan fingerprint density at radius 1 is 1.40 bits per heavy atom. The number of ether oxygens (including phenoxy) is 1. The van der Waals surface area contributed by atoms with Crippen molar-refractivity contribution in [3.63, 3.8) is 0 Å². The number of hydrogen-bond donors (Lipinski definition) is 2. The van der Waals surface area contributed by atoms with Crippen LogP contribution in [0.1, 0.15) is 17.5 Å². The van der Waals surface area contributed by atoms with Crippen molar-refractivity contribution in [2.75, 3.05) is 7.11 Å². The summed E-state index contributed by atoms with van der Waals surface area (Å²) in [5, 5.41) is 4.18. The van der Waals surface area contributed by atoms with Gasteiger partial charge in [0.05, 0.1) is 13.3 Å². The number of aryl methyl sites for hydroxylation is 2. The van der Waals surface area contributed by atoms with Gasteiger partial charge in [-0.3, -0.25) is 16.0 Å². The van der Waals surface area contributed by atoms with Gasteiger partial charge in [-0.25, -0.2) is 0 Å². The summed E-state index contributed by atoms with van der Waals surface area (Å²) in [6, 6.07) is 8.33. The van der Waals surface area contributed by atoms with Gasteiger partial charge in [0.1, 0.15) is 5.75 Å². The van der Waals surface area contributed by atoms with E-state index in [1.807, 2.05) is 36.3 Å². The molecule has 0 aliphatic rings. The molecule has 0 aliphatic carbocycles. The molecule has 1 aromatic carbocycles. The molecule has 0 saturated heterocycles. The fourth-order valence-electron chi connectivity index (χ4n) is 2.27. The van der Waals surface area contributed by atoms with E-state index in [1.54, 1.807) is 7.11 Å². The zero-order valence-corrected chi connectivity index (χ0v) is 12.0. The van der Waals surface area contributed by atoms with Gasteiger partial charge in [0.15, 0.2) is 0 Å². The minimum Gasteiger partial charge on any atom is -0.497 e. The summed E-state index contributed by atoms with van der Waals surface area (Å²) in [4.78, 5) is 0. The van der Waals surface area contributed by atoms with Crippen LogP contribution in [0.4, 0.5) is 0 Å². The zero-order valence-electron chi connectivity index (χ0n) is 12.0.